The molecule has 6 nitrogen and oxygen atoms in total. The lowest BCUT2D eigenvalue weighted by molar-refractivity contribution is 0.0497. The quantitative estimate of drug-likeness (QED) is 0.678. The second kappa shape index (κ2) is 4.98. The molecule has 0 aromatic carbocycles. The standard InChI is InChI=1S/C10H18N4O2/c1-7-8(5-11-13-7)6-12-14-9(15)16-10(2,3)4/h5,12H,6H2,1-4H3,(H,11,13)(H,14,15). The number of rotatable bonds is 3. The number of aromatic nitrogens is 2. The summed E-state index contributed by atoms with van der Waals surface area (Å²) in [6.07, 6.45) is 1.22. The van der Waals surface area contributed by atoms with Crippen molar-refractivity contribution in [2.75, 3.05) is 0 Å². The van der Waals surface area contributed by atoms with Crippen molar-refractivity contribution in [1.29, 1.82) is 0 Å². The van der Waals surface area contributed by atoms with Crippen LogP contribution in [0.2, 0.25) is 0 Å². The summed E-state index contributed by atoms with van der Waals surface area (Å²) in [5.41, 5.74) is 6.70. The molecule has 0 bridgehead atoms. The average Bonchev–Trinajstić information content (AvgIpc) is 2.48. The van der Waals surface area contributed by atoms with Gasteiger partial charge in [-0.25, -0.2) is 10.2 Å². The number of carbonyl (C=O) groups is 1. The van der Waals surface area contributed by atoms with Gasteiger partial charge in [-0.1, -0.05) is 0 Å². The number of aryl methyl sites for hydroxylation is 1. The Bertz CT molecular complexity index is 354. The minimum atomic E-state index is -0.492. The molecule has 90 valence electrons. The fourth-order valence-corrected chi connectivity index (χ4v) is 1.07. The number of nitrogens with zero attached hydrogens (tertiary/aromatic N) is 1. The van der Waals surface area contributed by atoms with Gasteiger partial charge in [0.25, 0.3) is 0 Å². The van der Waals surface area contributed by atoms with Crippen LogP contribution in [0.25, 0.3) is 0 Å². The third-order valence-electron chi connectivity index (χ3n) is 1.80. The molecule has 1 aromatic rings. The highest BCUT2D eigenvalue weighted by atomic mass is 16.6. The molecular formula is C10H18N4O2. The molecule has 3 N–H and O–H groups in total. The molecule has 0 radical (unpaired) electrons. The lowest BCUT2D eigenvalue weighted by Crippen LogP contribution is -2.40. The zero-order valence-electron chi connectivity index (χ0n) is 10.0. The molecule has 0 spiro atoms. The molecule has 1 heterocycles. The molecule has 0 saturated carbocycles. The van der Waals surface area contributed by atoms with Gasteiger partial charge in [0.05, 0.1) is 6.20 Å². The van der Waals surface area contributed by atoms with Gasteiger partial charge in [0.2, 0.25) is 0 Å². The molecule has 0 aliphatic rings. The van der Waals surface area contributed by atoms with Crippen LogP contribution in [-0.4, -0.2) is 21.9 Å². The summed E-state index contributed by atoms with van der Waals surface area (Å²) < 4.78 is 5.05. The van der Waals surface area contributed by atoms with Crippen LogP contribution in [0.4, 0.5) is 4.79 Å². The number of amides is 1. The molecule has 0 aliphatic heterocycles. The highest BCUT2D eigenvalue weighted by Gasteiger charge is 2.15. The Morgan fingerprint density at radius 1 is 1.56 bits per heavy atom. The molecule has 1 rings (SSSR count). The van der Waals surface area contributed by atoms with E-state index in [0.29, 0.717) is 6.54 Å². The molecule has 1 aromatic heterocycles. The SMILES string of the molecule is Cc1[nH]ncc1CNNC(=O)OC(C)(C)C. The highest BCUT2D eigenvalue weighted by Crippen LogP contribution is 2.06. The van der Waals surface area contributed by atoms with E-state index in [0.717, 1.165) is 11.3 Å². The van der Waals surface area contributed by atoms with Gasteiger partial charge in [-0.3, -0.25) is 10.5 Å². The molecule has 0 unspecified atom stereocenters. The van der Waals surface area contributed by atoms with Crippen LogP contribution in [0.15, 0.2) is 6.20 Å². The predicted molar refractivity (Wildman–Crippen MR) is 59.5 cm³/mol. The van der Waals surface area contributed by atoms with Crippen molar-refractivity contribution in [3.05, 3.63) is 17.5 Å². The maximum atomic E-state index is 11.3. The normalized spacial score (nSPS) is 11.2. The third kappa shape index (κ3) is 4.31. The van der Waals surface area contributed by atoms with Crippen molar-refractivity contribution < 1.29 is 9.53 Å². The van der Waals surface area contributed by atoms with Crippen LogP contribution in [0.5, 0.6) is 0 Å². The molecule has 6 heteroatoms. The van der Waals surface area contributed by atoms with Crippen LogP contribution in [0.1, 0.15) is 32.0 Å². The van der Waals surface area contributed by atoms with E-state index in [-0.39, 0.29) is 0 Å². The van der Waals surface area contributed by atoms with E-state index < -0.39 is 11.7 Å². The van der Waals surface area contributed by atoms with E-state index in [2.05, 4.69) is 21.0 Å². The molecule has 0 fully saturated rings. The number of ether oxygens (including phenoxy) is 1. The van der Waals surface area contributed by atoms with Crippen molar-refractivity contribution in [2.24, 2.45) is 0 Å². The summed E-state index contributed by atoms with van der Waals surface area (Å²) in [5.74, 6) is 0. The van der Waals surface area contributed by atoms with Crippen molar-refractivity contribution in [2.45, 2.75) is 39.8 Å². The lowest BCUT2D eigenvalue weighted by Gasteiger charge is -2.19. The first-order valence-electron chi connectivity index (χ1n) is 5.09. The minimum absolute atomic E-state index is 0.489. The van der Waals surface area contributed by atoms with Crippen LogP contribution in [-0.2, 0) is 11.3 Å². The van der Waals surface area contributed by atoms with Crippen LogP contribution in [0.3, 0.4) is 0 Å². The van der Waals surface area contributed by atoms with E-state index >= 15 is 0 Å². The second-order valence-corrected chi connectivity index (χ2v) is 4.50. The fraction of sp³-hybridized carbons (Fsp3) is 0.600. The number of hydrazine groups is 1. The molecule has 0 aliphatic carbocycles. The largest absolute Gasteiger partial charge is 0.443 e. The summed E-state index contributed by atoms with van der Waals surface area (Å²) in [6.45, 7) is 7.85. The van der Waals surface area contributed by atoms with Gasteiger partial charge in [-0.15, -0.1) is 0 Å². The van der Waals surface area contributed by atoms with Gasteiger partial charge in [-0.2, -0.15) is 5.10 Å². The van der Waals surface area contributed by atoms with Crippen molar-refractivity contribution in [1.82, 2.24) is 21.0 Å². The Hall–Kier alpha value is -1.56. The number of nitrogens with one attached hydrogen (secondary N) is 3. The maximum absolute atomic E-state index is 11.3. The summed E-state index contributed by atoms with van der Waals surface area (Å²) in [5, 5.41) is 6.68. The van der Waals surface area contributed by atoms with Gasteiger partial charge in [0.1, 0.15) is 5.60 Å². The van der Waals surface area contributed by atoms with E-state index in [1.54, 1.807) is 6.20 Å². The van der Waals surface area contributed by atoms with E-state index in [1.807, 2.05) is 27.7 Å². The van der Waals surface area contributed by atoms with Crippen molar-refractivity contribution >= 4 is 6.09 Å². The van der Waals surface area contributed by atoms with Gasteiger partial charge >= 0.3 is 6.09 Å². The summed E-state index contributed by atoms with van der Waals surface area (Å²) >= 11 is 0. The first kappa shape index (κ1) is 12.5. The Kier molecular flexibility index (Phi) is 3.89. The number of hydrogen-bond acceptors (Lipinski definition) is 4. The zero-order chi connectivity index (χ0) is 12.2. The van der Waals surface area contributed by atoms with Gasteiger partial charge in [0, 0.05) is 17.8 Å². The summed E-state index contributed by atoms with van der Waals surface area (Å²) in [4.78, 5) is 11.3. The molecule has 1 amide bonds. The van der Waals surface area contributed by atoms with Gasteiger partial charge in [0.15, 0.2) is 0 Å². The Morgan fingerprint density at radius 3 is 2.75 bits per heavy atom. The van der Waals surface area contributed by atoms with E-state index in [1.165, 1.54) is 0 Å². The van der Waals surface area contributed by atoms with Crippen molar-refractivity contribution in [3.8, 4) is 0 Å². The smallest absolute Gasteiger partial charge is 0.422 e. The van der Waals surface area contributed by atoms with Crippen LogP contribution >= 0.6 is 0 Å². The van der Waals surface area contributed by atoms with E-state index in [9.17, 15) is 4.79 Å². The molecule has 16 heavy (non-hydrogen) atoms. The van der Waals surface area contributed by atoms with Crippen LogP contribution in [0, 0.1) is 6.92 Å². The average molecular weight is 226 g/mol. The second-order valence-electron chi connectivity index (χ2n) is 4.50. The Morgan fingerprint density at radius 2 is 2.25 bits per heavy atom. The summed E-state index contributed by atoms with van der Waals surface area (Å²) in [7, 11) is 0. The number of H-pyrrole nitrogens is 1. The van der Waals surface area contributed by atoms with E-state index in [4.69, 9.17) is 4.74 Å². The monoisotopic (exact) mass is 226 g/mol. The Balaban J connectivity index is 2.26. The summed E-state index contributed by atoms with van der Waals surface area (Å²) in [6, 6.07) is 0. The first-order chi connectivity index (χ1) is 7.38. The lowest BCUT2D eigenvalue weighted by atomic mass is 10.2. The predicted octanol–water partition coefficient (Wildman–Crippen LogP) is 1.25. The molecule has 0 atom stereocenters. The third-order valence-corrected chi connectivity index (χ3v) is 1.80. The molecular weight excluding hydrogens is 208 g/mol. The molecule has 0 saturated heterocycles. The number of aromatic amines is 1. The number of hydrogen-bond donors (Lipinski definition) is 3. The van der Waals surface area contributed by atoms with Gasteiger partial charge in [-0.05, 0) is 27.7 Å². The highest BCUT2D eigenvalue weighted by molar-refractivity contribution is 5.66. The maximum Gasteiger partial charge on any atom is 0.422 e. The fourth-order valence-electron chi connectivity index (χ4n) is 1.07. The Labute approximate surface area is 94.7 Å². The van der Waals surface area contributed by atoms with Crippen LogP contribution < -0.4 is 10.9 Å². The topological polar surface area (TPSA) is 79.0 Å². The zero-order valence-corrected chi connectivity index (χ0v) is 10.0. The number of carbonyl (C=O) groups excluding carboxylic acids is 1. The van der Waals surface area contributed by atoms with Crippen molar-refractivity contribution in [3.63, 3.8) is 0 Å². The van der Waals surface area contributed by atoms with Gasteiger partial charge < -0.3 is 4.74 Å². The first-order valence-corrected chi connectivity index (χ1v) is 5.09. The minimum Gasteiger partial charge on any atom is -0.443 e.